The first kappa shape index (κ1) is 17.3. The van der Waals surface area contributed by atoms with E-state index in [2.05, 4.69) is 10.6 Å². The van der Waals surface area contributed by atoms with Crippen molar-refractivity contribution in [2.75, 3.05) is 31.0 Å². The van der Waals surface area contributed by atoms with Crippen LogP contribution in [0.25, 0.3) is 0 Å². The van der Waals surface area contributed by atoms with Gasteiger partial charge < -0.3 is 20.5 Å². The second kappa shape index (κ2) is 7.84. The third-order valence-electron chi connectivity index (χ3n) is 2.44. The second-order valence-electron chi connectivity index (χ2n) is 4.00. The number of carboxylic acid groups (broad SMARTS) is 1. The minimum Gasteiger partial charge on any atom is -0.496 e. The lowest BCUT2D eigenvalue weighted by atomic mass is 10.2. The first-order valence-corrected chi connectivity index (χ1v) is 7.91. The molecule has 0 saturated heterocycles. The predicted octanol–water partition coefficient (Wildman–Crippen LogP) is 1.55. The molecule has 1 atom stereocenters. The van der Waals surface area contributed by atoms with E-state index in [1.54, 1.807) is 0 Å². The number of hydrogen-bond acceptors (Lipinski definition) is 4. The molecule has 3 N–H and O–H groups in total. The number of urea groups is 1. The summed E-state index contributed by atoms with van der Waals surface area (Å²) >= 11 is 5.92. The highest BCUT2D eigenvalue weighted by Gasteiger charge is 2.16. The van der Waals surface area contributed by atoms with Gasteiger partial charge in [-0.25, -0.2) is 9.59 Å². The standard InChI is InChI=1S/C12H15ClN2O5S/c1-20-10-6-9(8(13)5-7(10)11(16)17)15-12(18)14-3-4-21(2)19/h5-6H,3-4H2,1-2H3,(H,16,17)(H2,14,15,18). The fourth-order valence-electron chi connectivity index (χ4n) is 1.46. The number of hydrogen-bond donors (Lipinski definition) is 3. The van der Waals surface area contributed by atoms with Gasteiger partial charge in [0.2, 0.25) is 0 Å². The van der Waals surface area contributed by atoms with Gasteiger partial charge in [-0.2, -0.15) is 0 Å². The lowest BCUT2D eigenvalue weighted by Gasteiger charge is -2.12. The van der Waals surface area contributed by atoms with Crippen LogP contribution in [0.15, 0.2) is 12.1 Å². The van der Waals surface area contributed by atoms with E-state index in [9.17, 15) is 13.8 Å². The van der Waals surface area contributed by atoms with E-state index < -0.39 is 22.8 Å². The zero-order chi connectivity index (χ0) is 16.0. The van der Waals surface area contributed by atoms with Gasteiger partial charge in [-0.1, -0.05) is 11.6 Å². The molecule has 0 aliphatic carbocycles. The highest BCUT2D eigenvalue weighted by atomic mass is 35.5. The number of methoxy groups -OCH3 is 1. The van der Waals surface area contributed by atoms with Crippen LogP contribution < -0.4 is 15.4 Å². The van der Waals surface area contributed by atoms with Crippen molar-refractivity contribution in [2.24, 2.45) is 0 Å². The molecule has 0 aromatic heterocycles. The Morgan fingerprint density at radius 3 is 2.62 bits per heavy atom. The summed E-state index contributed by atoms with van der Waals surface area (Å²) in [4.78, 5) is 22.6. The molecular weight excluding hydrogens is 320 g/mol. The summed E-state index contributed by atoms with van der Waals surface area (Å²) in [6.45, 7) is 0.247. The lowest BCUT2D eigenvalue weighted by Crippen LogP contribution is -2.31. The number of rotatable bonds is 6. The molecule has 0 bridgehead atoms. The van der Waals surface area contributed by atoms with Crippen molar-refractivity contribution in [2.45, 2.75) is 0 Å². The average molecular weight is 335 g/mol. The molecule has 7 nitrogen and oxygen atoms in total. The van der Waals surface area contributed by atoms with Gasteiger partial charge in [0.15, 0.2) is 0 Å². The number of benzene rings is 1. The van der Waals surface area contributed by atoms with Crippen molar-refractivity contribution in [3.63, 3.8) is 0 Å². The maximum atomic E-state index is 11.6. The van der Waals surface area contributed by atoms with Crippen LogP contribution in [0.5, 0.6) is 5.75 Å². The van der Waals surface area contributed by atoms with E-state index in [1.165, 1.54) is 25.5 Å². The molecule has 0 fully saturated rings. The Balaban J connectivity index is 2.81. The number of halogens is 1. The first-order valence-electron chi connectivity index (χ1n) is 5.81. The minimum atomic E-state index is -1.19. The molecule has 116 valence electrons. The summed E-state index contributed by atoms with van der Waals surface area (Å²) in [6, 6.07) is 1.98. The van der Waals surface area contributed by atoms with Gasteiger partial charge >= 0.3 is 12.0 Å². The van der Waals surface area contributed by atoms with Gasteiger partial charge in [-0.15, -0.1) is 0 Å². The maximum absolute atomic E-state index is 11.6. The van der Waals surface area contributed by atoms with E-state index in [4.69, 9.17) is 21.4 Å². The van der Waals surface area contributed by atoms with Crippen LogP contribution >= 0.6 is 11.6 Å². The topological polar surface area (TPSA) is 105 Å². The van der Waals surface area contributed by atoms with Crippen LogP contribution in [0.1, 0.15) is 10.4 Å². The van der Waals surface area contributed by atoms with Crippen LogP contribution in [0, 0.1) is 0 Å². The van der Waals surface area contributed by atoms with Gasteiger partial charge in [0.1, 0.15) is 11.3 Å². The highest BCUT2D eigenvalue weighted by molar-refractivity contribution is 7.84. The SMILES string of the molecule is COc1cc(NC(=O)NCCS(C)=O)c(Cl)cc1C(=O)O. The largest absolute Gasteiger partial charge is 0.496 e. The number of aromatic carboxylic acids is 1. The second-order valence-corrected chi connectivity index (χ2v) is 5.96. The first-order chi connectivity index (χ1) is 9.85. The molecule has 0 radical (unpaired) electrons. The summed E-state index contributed by atoms with van der Waals surface area (Å²) in [7, 11) is 0.315. The van der Waals surface area contributed by atoms with Crippen LogP contribution in [0.3, 0.4) is 0 Å². The lowest BCUT2D eigenvalue weighted by molar-refractivity contribution is 0.0693. The normalized spacial score (nSPS) is 11.6. The molecule has 9 heteroatoms. The Labute approximate surface area is 129 Å². The summed E-state index contributed by atoms with van der Waals surface area (Å²) in [5, 5.41) is 14.0. The molecule has 2 amide bonds. The summed E-state index contributed by atoms with van der Waals surface area (Å²) < 4.78 is 15.8. The van der Waals surface area contributed by atoms with E-state index in [1.807, 2.05) is 0 Å². The molecule has 1 aromatic carbocycles. The zero-order valence-electron chi connectivity index (χ0n) is 11.4. The van der Waals surface area contributed by atoms with Crippen molar-refractivity contribution in [1.82, 2.24) is 5.32 Å². The van der Waals surface area contributed by atoms with Gasteiger partial charge in [-0.05, 0) is 6.07 Å². The van der Waals surface area contributed by atoms with Gasteiger partial charge in [-0.3, -0.25) is 4.21 Å². The Morgan fingerprint density at radius 2 is 2.10 bits per heavy atom. The molecule has 1 rings (SSSR count). The molecule has 0 heterocycles. The summed E-state index contributed by atoms with van der Waals surface area (Å²) in [5.41, 5.74) is 0.114. The van der Waals surface area contributed by atoms with Crippen LogP contribution in [0.4, 0.5) is 10.5 Å². The van der Waals surface area contributed by atoms with Crippen LogP contribution in [-0.2, 0) is 10.8 Å². The van der Waals surface area contributed by atoms with Crippen molar-refractivity contribution >= 4 is 40.1 Å². The average Bonchev–Trinajstić information content (AvgIpc) is 2.39. The molecule has 0 aliphatic heterocycles. The number of ether oxygens (including phenoxy) is 1. The number of amides is 2. The Kier molecular flexibility index (Phi) is 6.44. The van der Waals surface area contributed by atoms with Crippen LogP contribution in [0.2, 0.25) is 5.02 Å². The number of carboxylic acids is 1. The number of carbonyl (C=O) groups excluding carboxylic acids is 1. The number of anilines is 1. The molecule has 1 unspecified atom stereocenters. The van der Waals surface area contributed by atoms with E-state index in [0.29, 0.717) is 5.75 Å². The molecule has 0 saturated carbocycles. The Bertz CT molecular complexity index is 579. The molecule has 1 aromatic rings. The van der Waals surface area contributed by atoms with Crippen molar-refractivity contribution in [3.8, 4) is 5.75 Å². The van der Waals surface area contributed by atoms with Crippen molar-refractivity contribution < 1.29 is 23.6 Å². The Morgan fingerprint density at radius 1 is 1.43 bits per heavy atom. The van der Waals surface area contributed by atoms with Crippen molar-refractivity contribution in [1.29, 1.82) is 0 Å². The molecule has 21 heavy (non-hydrogen) atoms. The third-order valence-corrected chi connectivity index (χ3v) is 3.53. The molecular formula is C12H15ClN2O5S. The molecule has 0 spiro atoms. The van der Waals surface area contributed by atoms with Crippen molar-refractivity contribution in [3.05, 3.63) is 22.7 Å². The van der Waals surface area contributed by atoms with E-state index in [-0.39, 0.29) is 28.6 Å². The zero-order valence-corrected chi connectivity index (χ0v) is 13.0. The van der Waals surface area contributed by atoms with Gasteiger partial charge in [0, 0.05) is 35.4 Å². The van der Waals surface area contributed by atoms with Crippen LogP contribution in [-0.4, -0.2) is 47.0 Å². The fraction of sp³-hybridized carbons (Fsp3) is 0.333. The maximum Gasteiger partial charge on any atom is 0.339 e. The van der Waals surface area contributed by atoms with Gasteiger partial charge in [0.05, 0.1) is 17.8 Å². The minimum absolute atomic E-state index is 0.0717. The monoisotopic (exact) mass is 334 g/mol. The van der Waals surface area contributed by atoms with Gasteiger partial charge in [0.25, 0.3) is 0 Å². The smallest absolute Gasteiger partial charge is 0.339 e. The van der Waals surface area contributed by atoms with E-state index in [0.717, 1.165) is 0 Å². The molecule has 0 aliphatic rings. The van der Waals surface area contributed by atoms with E-state index >= 15 is 0 Å². The summed E-state index contributed by atoms with van der Waals surface area (Å²) in [5.74, 6) is -0.769. The Hall–Kier alpha value is -1.80. The highest BCUT2D eigenvalue weighted by Crippen LogP contribution is 2.30. The predicted molar refractivity (Wildman–Crippen MR) is 80.9 cm³/mol. The fourth-order valence-corrected chi connectivity index (χ4v) is 2.06. The number of carbonyl (C=O) groups is 2. The summed E-state index contributed by atoms with van der Waals surface area (Å²) in [6.07, 6.45) is 1.53. The number of nitrogens with one attached hydrogen (secondary N) is 2. The quantitative estimate of drug-likeness (QED) is 0.732. The third kappa shape index (κ3) is 5.24.